The van der Waals surface area contributed by atoms with Crippen molar-refractivity contribution in [2.45, 2.75) is 25.0 Å². The van der Waals surface area contributed by atoms with Gasteiger partial charge in [-0.1, -0.05) is 36.4 Å². The molecule has 6 heteroatoms. The fraction of sp³-hybridized carbons (Fsp3) is 0.217. The summed E-state index contributed by atoms with van der Waals surface area (Å²) in [7, 11) is 1.79. The maximum Gasteiger partial charge on any atom is 0.163 e. The van der Waals surface area contributed by atoms with Crippen LogP contribution in [0, 0.1) is 0 Å². The molecular formula is C23H16Br2N2O2. The molecule has 144 valence electrons. The number of rotatable bonds is 1. The molecule has 2 bridgehead atoms. The highest BCUT2D eigenvalue weighted by atomic mass is 79.9. The Labute approximate surface area is 183 Å². The largest absolute Gasteiger partial charge is 0.377 e. The number of halogens is 2. The number of benzene rings is 3. The summed E-state index contributed by atoms with van der Waals surface area (Å²) >= 11 is 7.85. The topological polar surface area (TPSA) is 28.3 Å². The van der Waals surface area contributed by atoms with Gasteiger partial charge in [0.25, 0.3) is 0 Å². The first-order chi connectivity index (χ1) is 14.2. The standard InChI is InChI=1S/C23H16Br2N2O2/c1-28-15-10-16-26-13-8-4-2-6-11(13)17-19(24)20(25)18-12-7-3-5-9-14(12)27(23(15)29-16)22(18)21(17)26/h2-9,15-16,23H,10H2,1H3/t15-,16-,23+/m0/s1. The van der Waals surface area contributed by atoms with Crippen molar-refractivity contribution in [1.29, 1.82) is 0 Å². The van der Waals surface area contributed by atoms with Crippen LogP contribution in [0.25, 0.3) is 43.6 Å². The Hall–Kier alpha value is -1.86. The predicted octanol–water partition coefficient (Wildman–Crippen LogP) is 6.87. The van der Waals surface area contributed by atoms with Crippen LogP contribution in [0.15, 0.2) is 57.5 Å². The molecule has 29 heavy (non-hydrogen) atoms. The van der Waals surface area contributed by atoms with Crippen LogP contribution in [0.1, 0.15) is 18.9 Å². The van der Waals surface area contributed by atoms with Crippen LogP contribution in [-0.2, 0) is 9.47 Å². The zero-order chi connectivity index (χ0) is 19.4. The Bertz CT molecular complexity index is 1500. The zero-order valence-electron chi connectivity index (χ0n) is 15.5. The summed E-state index contributed by atoms with van der Waals surface area (Å²) in [5.74, 6) is 0. The fourth-order valence-corrected chi connectivity index (χ4v) is 6.64. The van der Waals surface area contributed by atoms with Crippen LogP contribution in [0.5, 0.6) is 0 Å². The van der Waals surface area contributed by atoms with Crippen LogP contribution in [0.4, 0.5) is 0 Å². The van der Waals surface area contributed by atoms with E-state index in [1.54, 1.807) is 7.11 Å². The third-order valence-corrected chi connectivity index (χ3v) is 8.69. The number of methoxy groups -OCH3 is 1. The van der Waals surface area contributed by atoms with Crippen molar-refractivity contribution in [2.24, 2.45) is 0 Å². The molecule has 0 amide bonds. The van der Waals surface area contributed by atoms with Gasteiger partial charge >= 0.3 is 0 Å². The summed E-state index contributed by atoms with van der Waals surface area (Å²) in [4.78, 5) is 0. The van der Waals surface area contributed by atoms with Crippen molar-refractivity contribution in [2.75, 3.05) is 7.11 Å². The van der Waals surface area contributed by atoms with E-state index in [2.05, 4.69) is 89.5 Å². The molecule has 2 aromatic heterocycles. The van der Waals surface area contributed by atoms with E-state index in [0.717, 1.165) is 15.4 Å². The van der Waals surface area contributed by atoms with Gasteiger partial charge in [0.2, 0.25) is 0 Å². The highest BCUT2D eigenvalue weighted by molar-refractivity contribution is 9.13. The van der Waals surface area contributed by atoms with Gasteiger partial charge in [-0.05, 0) is 44.0 Å². The van der Waals surface area contributed by atoms with Gasteiger partial charge in [0, 0.05) is 44.0 Å². The summed E-state index contributed by atoms with van der Waals surface area (Å²) in [6.07, 6.45) is 0.631. The molecule has 3 aromatic carbocycles. The average Bonchev–Trinajstić information content (AvgIpc) is 3.37. The highest BCUT2D eigenvalue weighted by Gasteiger charge is 2.43. The molecule has 0 N–H and O–H groups in total. The van der Waals surface area contributed by atoms with Gasteiger partial charge in [-0.25, -0.2) is 0 Å². The predicted molar refractivity (Wildman–Crippen MR) is 122 cm³/mol. The molecule has 5 aromatic rings. The van der Waals surface area contributed by atoms with Crippen molar-refractivity contribution in [3.63, 3.8) is 0 Å². The summed E-state index contributed by atoms with van der Waals surface area (Å²) < 4.78 is 19.5. The van der Waals surface area contributed by atoms with E-state index in [4.69, 9.17) is 9.47 Å². The van der Waals surface area contributed by atoms with E-state index in [0.29, 0.717) is 0 Å². The Morgan fingerprint density at radius 2 is 1.41 bits per heavy atom. The second kappa shape index (κ2) is 5.64. The van der Waals surface area contributed by atoms with Gasteiger partial charge in [-0.2, -0.15) is 0 Å². The van der Waals surface area contributed by atoms with Gasteiger partial charge < -0.3 is 18.6 Å². The van der Waals surface area contributed by atoms with Gasteiger partial charge in [-0.3, -0.25) is 0 Å². The summed E-state index contributed by atoms with van der Waals surface area (Å²) in [5, 5.41) is 4.90. The number of hydrogen-bond acceptors (Lipinski definition) is 2. The number of aromatic nitrogens is 2. The molecule has 0 saturated carbocycles. The van der Waals surface area contributed by atoms with E-state index < -0.39 is 0 Å². The SMILES string of the molecule is CO[C@H]1C[C@@H]2O[C@H]1n1c3ccccc3c3c(Br)c(Br)c4c5ccccc5n2c4c31. The van der Waals surface area contributed by atoms with Crippen LogP contribution < -0.4 is 0 Å². The molecular weight excluding hydrogens is 496 g/mol. The molecule has 0 radical (unpaired) electrons. The minimum Gasteiger partial charge on any atom is -0.377 e. The molecule has 1 saturated heterocycles. The van der Waals surface area contributed by atoms with Crippen LogP contribution >= 0.6 is 31.9 Å². The zero-order valence-corrected chi connectivity index (χ0v) is 18.7. The number of nitrogens with zero attached hydrogens (tertiary/aromatic N) is 2. The maximum absolute atomic E-state index is 6.67. The summed E-state index contributed by atoms with van der Waals surface area (Å²) in [5.41, 5.74) is 4.81. The molecule has 3 atom stereocenters. The first kappa shape index (κ1) is 16.9. The first-order valence-corrected chi connectivity index (χ1v) is 11.3. The Kier molecular flexibility index (Phi) is 3.28. The molecule has 0 spiro atoms. The maximum atomic E-state index is 6.67. The van der Waals surface area contributed by atoms with E-state index in [1.807, 2.05) is 0 Å². The third kappa shape index (κ3) is 1.87. The lowest BCUT2D eigenvalue weighted by Crippen LogP contribution is -2.21. The number of ether oxygens (including phenoxy) is 2. The second-order valence-corrected chi connectivity index (χ2v) is 9.43. The van der Waals surface area contributed by atoms with Gasteiger partial charge in [-0.15, -0.1) is 0 Å². The minimum atomic E-state index is -0.151. The monoisotopic (exact) mass is 510 g/mol. The number of hydrogen-bond donors (Lipinski definition) is 0. The van der Waals surface area contributed by atoms with Crippen LogP contribution in [0.3, 0.4) is 0 Å². The normalized spacial score (nSPS) is 23.2. The Balaban J connectivity index is 1.87. The fourth-order valence-electron chi connectivity index (χ4n) is 5.44. The molecule has 0 unspecified atom stereocenters. The second-order valence-electron chi connectivity index (χ2n) is 7.84. The third-order valence-electron chi connectivity index (χ3n) is 6.57. The van der Waals surface area contributed by atoms with E-state index >= 15 is 0 Å². The lowest BCUT2D eigenvalue weighted by molar-refractivity contribution is -0.0597. The molecule has 0 aliphatic carbocycles. The minimum absolute atomic E-state index is 0.00536. The number of fused-ring (bicyclic) bond motifs is 10. The van der Waals surface area contributed by atoms with Crippen LogP contribution in [-0.4, -0.2) is 22.3 Å². The quantitative estimate of drug-likeness (QED) is 0.245. The molecule has 2 aliphatic heterocycles. The Morgan fingerprint density at radius 1 is 0.862 bits per heavy atom. The van der Waals surface area contributed by atoms with Crippen LogP contribution in [0.2, 0.25) is 0 Å². The van der Waals surface area contributed by atoms with E-state index in [-0.39, 0.29) is 18.6 Å². The smallest absolute Gasteiger partial charge is 0.163 e. The summed E-state index contributed by atoms with van der Waals surface area (Å²) in [6, 6.07) is 17.2. The van der Waals surface area contributed by atoms with Crippen molar-refractivity contribution in [1.82, 2.24) is 9.13 Å². The van der Waals surface area contributed by atoms with Gasteiger partial charge in [0.05, 0.1) is 22.1 Å². The molecule has 1 fully saturated rings. The molecule has 2 aliphatic rings. The summed E-state index contributed by atoms with van der Waals surface area (Å²) in [6.45, 7) is 0. The molecule has 4 nitrogen and oxygen atoms in total. The van der Waals surface area contributed by atoms with Gasteiger partial charge in [0.15, 0.2) is 6.23 Å². The lowest BCUT2D eigenvalue weighted by Gasteiger charge is -2.21. The molecule has 4 heterocycles. The highest BCUT2D eigenvalue weighted by Crippen LogP contribution is 2.54. The van der Waals surface area contributed by atoms with Crippen molar-refractivity contribution >= 4 is 75.5 Å². The molecule has 7 rings (SSSR count). The van der Waals surface area contributed by atoms with E-state index in [9.17, 15) is 0 Å². The van der Waals surface area contributed by atoms with E-state index in [1.165, 1.54) is 43.6 Å². The van der Waals surface area contributed by atoms with Crippen molar-refractivity contribution < 1.29 is 9.47 Å². The average molecular weight is 512 g/mol. The van der Waals surface area contributed by atoms with Gasteiger partial charge in [0.1, 0.15) is 12.3 Å². The number of para-hydroxylation sites is 2. The Morgan fingerprint density at radius 3 is 2.03 bits per heavy atom. The first-order valence-electron chi connectivity index (χ1n) is 9.71. The van der Waals surface area contributed by atoms with Crippen molar-refractivity contribution in [3.8, 4) is 0 Å². The lowest BCUT2D eigenvalue weighted by atomic mass is 10.1. The van der Waals surface area contributed by atoms with Crippen molar-refractivity contribution in [3.05, 3.63) is 57.5 Å².